The maximum Gasteiger partial charge on any atom is 0.255 e. The number of thiophene rings is 1. The van der Waals surface area contributed by atoms with E-state index in [0.717, 1.165) is 13.0 Å². The van der Waals surface area contributed by atoms with Crippen molar-refractivity contribution in [1.82, 2.24) is 4.90 Å². The zero-order chi connectivity index (χ0) is 14.3. The molecule has 3 rings (SSSR count). The van der Waals surface area contributed by atoms with E-state index < -0.39 is 0 Å². The molecule has 1 aliphatic heterocycles. The fraction of sp³-hybridized carbons (Fsp3) is 0.267. The lowest BCUT2D eigenvalue weighted by Crippen LogP contribution is -2.38. The van der Waals surface area contributed by atoms with E-state index in [1.165, 1.54) is 10.4 Å². The summed E-state index contributed by atoms with van der Waals surface area (Å²) in [6.07, 6.45) is 0.934. The van der Waals surface area contributed by atoms with Crippen LogP contribution in [0.5, 0.6) is 0 Å². The van der Waals surface area contributed by atoms with E-state index in [2.05, 4.69) is 34.3 Å². The van der Waals surface area contributed by atoms with Crippen molar-refractivity contribution >= 4 is 38.9 Å². The van der Waals surface area contributed by atoms with Crippen molar-refractivity contribution in [3.05, 3.63) is 50.1 Å². The molecule has 0 radical (unpaired) electrons. The molecule has 2 heterocycles. The molecule has 0 aliphatic carbocycles. The number of benzene rings is 1. The molecule has 2 N–H and O–H groups in total. The number of fused-ring (bicyclic) bond motifs is 1. The van der Waals surface area contributed by atoms with Crippen LogP contribution in [-0.4, -0.2) is 17.4 Å². The molecule has 1 amide bonds. The van der Waals surface area contributed by atoms with E-state index in [-0.39, 0.29) is 11.9 Å². The summed E-state index contributed by atoms with van der Waals surface area (Å²) < 4.78 is 0.688. The van der Waals surface area contributed by atoms with E-state index >= 15 is 0 Å². The monoisotopic (exact) mass is 350 g/mol. The molecule has 0 saturated carbocycles. The fourth-order valence-corrected chi connectivity index (χ4v) is 4.05. The first-order valence-corrected chi connectivity index (χ1v) is 8.18. The SMILES string of the molecule is CC1c2ccsc2CCN1C(=O)c1cccc(N)c1Br. The number of amides is 1. The zero-order valence-corrected chi connectivity index (χ0v) is 13.5. The Morgan fingerprint density at radius 2 is 2.25 bits per heavy atom. The third-order valence-electron chi connectivity index (χ3n) is 3.80. The number of nitrogen functional groups attached to an aromatic ring is 1. The minimum atomic E-state index is 0.0357. The fourth-order valence-electron chi connectivity index (χ4n) is 2.66. The highest BCUT2D eigenvalue weighted by Crippen LogP contribution is 2.35. The van der Waals surface area contributed by atoms with Crippen molar-refractivity contribution in [2.24, 2.45) is 0 Å². The number of nitrogens with zero attached hydrogens (tertiary/aromatic N) is 1. The van der Waals surface area contributed by atoms with Crippen LogP contribution in [0.1, 0.15) is 33.8 Å². The number of hydrogen-bond donors (Lipinski definition) is 1. The van der Waals surface area contributed by atoms with Gasteiger partial charge in [-0.25, -0.2) is 0 Å². The maximum atomic E-state index is 12.8. The van der Waals surface area contributed by atoms with Gasteiger partial charge in [0.15, 0.2) is 0 Å². The van der Waals surface area contributed by atoms with Gasteiger partial charge >= 0.3 is 0 Å². The predicted octanol–water partition coefficient (Wildman–Crippen LogP) is 3.85. The molecule has 3 nitrogen and oxygen atoms in total. The van der Waals surface area contributed by atoms with Crippen molar-refractivity contribution in [2.45, 2.75) is 19.4 Å². The van der Waals surface area contributed by atoms with Crippen molar-refractivity contribution in [2.75, 3.05) is 12.3 Å². The second-order valence-corrected chi connectivity index (χ2v) is 6.73. The largest absolute Gasteiger partial charge is 0.398 e. The molecule has 2 aromatic rings. The molecule has 1 aromatic heterocycles. The minimum Gasteiger partial charge on any atom is -0.398 e. The van der Waals surface area contributed by atoms with E-state index in [1.807, 2.05) is 17.0 Å². The molecule has 5 heteroatoms. The van der Waals surface area contributed by atoms with Crippen LogP contribution in [0.25, 0.3) is 0 Å². The number of carbonyl (C=O) groups excluding carboxylic acids is 1. The first kappa shape index (κ1) is 13.6. The van der Waals surface area contributed by atoms with Gasteiger partial charge in [0.25, 0.3) is 5.91 Å². The molecule has 20 heavy (non-hydrogen) atoms. The summed E-state index contributed by atoms with van der Waals surface area (Å²) in [6.45, 7) is 2.84. The van der Waals surface area contributed by atoms with E-state index in [9.17, 15) is 4.79 Å². The van der Waals surface area contributed by atoms with Crippen LogP contribution in [0, 0.1) is 0 Å². The lowest BCUT2D eigenvalue weighted by molar-refractivity contribution is 0.0678. The van der Waals surface area contributed by atoms with Crippen molar-refractivity contribution in [1.29, 1.82) is 0 Å². The molecule has 0 saturated heterocycles. The molecule has 0 spiro atoms. The summed E-state index contributed by atoms with van der Waals surface area (Å²) in [5.41, 5.74) is 8.37. The van der Waals surface area contributed by atoms with Gasteiger partial charge in [-0.1, -0.05) is 6.07 Å². The number of nitrogens with two attached hydrogens (primary N) is 1. The van der Waals surface area contributed by atoms with Gasteiger partial charge in [-0.2, -0.15) is 0 Å². The highest BCUT2D eigenvalue weighted by Gasteiger charge is 2.29. The molecule has 0 fully saturated rings. The topological polar surface area (TPSA) is 46.3 Å². The smallest absolute Gasteiger partial charge is 0.255 e. The number of anilines is 1. The van der Waals surface area contributed by atoms with Crippen molar-refractivity contribution in [3.8, 4) is 0 Å². The first-order chi connectivity index (χ1) is 9.59. The highest BCUT2D eigenvalue weighted by atomic mass is 79.9. The van der Waals surface area contributed by atoms with E-state index in [4.69, 9.17) is 5.73 Å². The highest BCUT2D eigenvalue weighted by molar-refractivity contribution is 9.10. The Balaban J connectivity index is 1.94. The Hall–Kier alpha value is -1.33. The summed E-state index contributed by atoms with van der Waals surface area (Å²) >= 11 is 5.20. The lowest BCUT2D eigenvalue weighted by atomic mass is 10.0. The summed E-state index contributed by atoms with van der Waals surface area (Å²) in [5, 5.41) is 2.10. The second-order valence-electron chi connectivity index (χ2n) is 4.93. The lowest BCUT2D eigenvalue weighted by Gasteiger charge is -2.34. The van der Waals surface area contributed by atoms with Crippen LogP contribution in [0.3, 0.4) is 0 Å². The van der Waals surface area contributed by atoms with Crippen LogP contribution in [0.2, 0.25) is 0 Å². The van der Waals surface area contributed by atoms with Gasteiger partial charge in [0, 0.05) is 17.1 Å². The average Bonchev–Trinajstić information content (AvgIpc) is 2.91. The van der Waals surface area contributed by atoms with E-state index in [0.29, 0.717) is 15.7 Å². The molecular weight excluding hydrogens is 336 g/mol. The molecular formula is C15H15BrN2OS. The summed E-state index contributed by atoms with van der Waals surface area (Å²) in [7, 11) is 0. The molecule has 1 atom stereocenters. The van der Waals surface area contributed by atoms with Crippen LogP contribution in [0.15, 0.2) is 34.1 Å². The molecule has 1 aliphatic rings. The van der Waals surface area contributed by atoms with Crippen molar-refractivity contribution in [3.63, 3.8) is 0 Å². The molecule has 1 aromatic carbocycles. The molecule has 104 valence electrons. The number of rotatable bonds is 1. The van der Waals surface area contributed by atoms with Crippen LogP contribution in [-0.2, 0) is 6.42 Å². The normalized spacial score (nSPS) is 17.9. The second kappa shape index (κ2) is 5.22. The van der Waals surface area contributed by atoms with Gasteiger partial charge in [0.2, 0.25) is 0 Å². The third-order valence-corrected chi connectivity index (χ3v) is 5.68. The maximum absolute atomic E-state index is 12.8. The van der Waals surface area contributed by atoms with E-state index in [1.54, 1.807) is 17.4 Å². The van der Waals surface area contributed by atoms with Gasteiger partial charge in [0.1, 0.15) is 0 Å². The van der Waals surface area contributed by atoms with Gasteiger partial charge in [-0.05, 0) is 58.4 Å². The van der Waals surface area contributed by atoms with Crippen LogP contribution in [0.4, 0.5) is 5.69 Å². The Morgan fingerprint density at radius 3 is 3.05 bits per heavy atom. The molecule has 0 bridgehead atoms. The van der Waals surface area contributed by atoms with Gasteiger partial charge in [-0.15, -0.1) is 11.3 Å². The first-order valence-electron chi connectivity index (χ1n) is 6.51. The summed E-state index contributed by atoms with van der Waals surface area (Å²) in [4.78, 5) is 16.1. The van der Waals surface area contributed by atoms with Crippen LogP contribution >= 0.6 is 27.3 Å². The summed E-state index contributed by atoms with van der Waals surface area (Å²) in [6, 6.07) is 7.66. The quantitative estimate of drug-likeness (QED) is 0.794. The number of hydrogen-bond acceptors (Lipinski definition) is 3. The van der Waals surface area contributed by atoms with Crippen LogP contribution < -0.4 is 5.73 Å². The number of halogens is 1. The standard InChI is InChI=1S/C15H15BrN2OS/c1-9-10-6-8-20-13(10)5-7-18(9)15(19)11-3-2-4-12(17)14(11)16/h2-4,6,8-9H,5,7,17H2,1H3. The Bertz CT molecular complexity index is 668. The van der Waals surface area contributed by atoms with Gasteiger partial charge in [0.05, 0.1) is 16.1 Å². The minimum absolute atomic E-state index is 0.0357. The zero-order valence-electron chi connectivity index (χ0n) is 11.1. The Kier molecular flexibility index (Phi) is 3.56. The van der Waals surface area contributed by atoms with Gasteiger partial charge in [-0.3, -0.25) is 4.79 Å². The Morgan fingerprint density at radius 1 is 1.45 bits per heavy atom. The summed E-state index contributed by atoms with van der Waals surface area (Å²) in [5.74, 6) is 0.0357. The van der Waals surface area contributed by atoms with Crippen molar-refractivity contribution < 1.29 is 4.79 Å². The Labute approximate surface area is 130 Å². The third kappa shape index (κ3) is 2.15. The molecule has 1 unspecified atom stereocenters. The predicted molar refractivity (Wildman–Crippen MR) is 86.0 cm³/mol. The van der Waals surface area contributed by atoms with Gasteiger partial charge < -0.3 is 10.6 Å². The average molecular weight is 351 g/mol. The number of carbonyl (C=O) groups is 1.